The quantitative estimate of drug-likeness (QED) is 0.618. The summed E-state index contributed by atoms with van der Waals surface area (Å²) in [4.78, 5) is 24.0. The predicted octanol–water partition coefficient (Wildman–Crippen LogP) is -0.359. The zero-order valence-electron chi connectivity index (χ0n) is 10.6. The smallest absolute Gasteiger partial charge is 0.327 e. The van der Waals surface area contributed by atoms with Gasteiger partial charge in [0.15, 0.2) is 0 Å². The number of ether oxygens (including phenoxy) is 1. The molecule has 7 heteroatoms. The molecule has 1 rings (SSSR count). The number of hydrogen-bond donors (Lipinski definition) is 2. The molecule has 1 unspecified atom stereocenters. The molecule has 6 nitrogen and oxygen atoms in total. The molecule has 1 atom stereocenters. The molecule has 0 radical (unpaired) electrons. The Morgan fingerprint density at radius 1 is 1.44 bits per heavy atom. The van der Waals surface area contributed by atoms with E-state index in [0.29, 0.717) is 5.75 Å². The van der Waals surface area contributed by atoms with Crippen molar-refractivity contribution in [2.24, 2.45) is 0 Å². The SMILES string of the molecule is CC(=O)NC(CSCCN1CCOCC1)C(=O)O. The molecule has 1 heterocycles. The Morgan fingerprint density at radius 2 is 2.11 bits per heavy atom. The summed E-state index contributed by atoms with van der Waals surface area (Å²) in [5.41, 5.74) is 0. The van der Waals surface area contributed by atoms with E-state index in [2.05, 4.69) is 10.2 Å². The summed E-state index contributed by atoms with van der Waals surface area (Å²) in [7, 11) is 0. The van der Waals surface area contributed by atoms with Gasteiger partial charge in [0.1, 0.15) is 6.04 Å². The first-order valence-corrected chi connectivity index (χ1v) is 7.13. The molecule has 1 aliphatic rings. The average molecular weight is 276 g/mol. The minimum Gasteiger partial charge on any atom is -0.480 e. The fourth-order valence-electron chi connectivity index (χ4n) is 1.64. The molecule has 1 fully saturated rings. The van der Waals surface area contributed by atoms with Gasteiger partial charge in [0, 0.05) is 38.1 Å². The van der Waals surface area contributed by atoms with Crippen molar-refractivity contribution < 1.29 is 19.4 Å². The first kappa shape index (κ1) is 15.3. The summed E-state index contributed by atoms with van der Waals surface area (Å²) in [5, 5.41) is 11.3. The second-order valence-corrected chi connectivity index (χ2v) is 5.27. The van der Waals surface area contributed by atoms with Crippen molar-refractivity contribution in [3.8, 4) is 0 Å². The highest BCUT2D eigenvalue weighted by Crippen LogP contribution is 2.06. The third-order valence-corrected chi connectivity index (χ3v) is 3.66. The van der Waals surface area contributed by atoms with E-state index >= 15 is 0 Å². The lowest BCUT2D eigenvalue weighted by Gasteiger charge is -2.26. The summed E-state index contributed by atoms with van der Waals surface area (Å²) >= 11 is 1.55. The van der Waals surface area contributed by atoms with E-state index in [-0.39, 0.29) is 5.91 Å². The first-order valence-electron chi connectivity index (χ1n) is 5.97. The van der Waals surface area contributed by atoms with Gasteiger partial charge in [-0.25, -0.2) is 4.79 Å². The van der Waals surface area contributed by atoms with E-state index in [1.54, 1.807) is 11.8 Å². The van der Waals surface area contributed by atoms with Crippen LogP contribution in [0.1, 0.15) is 6.92 Å². The monoisotopic (exact) mass is 276 g/mol. The van der Waals surface area contributed by atoms with E-state index in [1.165, 1.54) is 6.92 Å². The number of nitrogens with one attached hydrogen (secondary N) is 1. The summed E-state index contributed by atoms with van der Waals surface area (Å²) in [6.45, 7) is 5.68. The fraction of sp³-hybridized carbons (Fsp3) is 0.818. The Kier molecular flexibility index (Phi) is 7.07. The highest BCUT2D eigenvalue weighted by molar-refractivity contribution is 7.99. The maximum Gasteiger partial charge on any atom is 0.327 e. The molecule has 0 bridgehead atoms. The lowest BCUT2D eigenvalue weighted by molar-refractivity contribution is -0.140. The molecular formula is C11H20N2O4S. The van der Waals surface area contributed by atoms with Crippen molar-refractivity contribution in [2.75, 3.05) is 44.4 Å². The van der Waals surface area contributed by atoms with Crippen molar-refractivity contribution in [2.45, 2.75) is 13.0 Å². The Labute approximate surface area is 111 Å². The molecule has 0 aromatic carbocycles. The van der Waals surface area contributed by atoms with Crippen LogP contribution < -0.4 is 5.32 Å². The number of hydrogen-bond acceptors (Lipinski definition) is 5. The van der Waals surface area contributed by atoms with Gasteiger partial charge in [-0.05, 0) is 0 Å². The van der Waals surface area contributed by atoms with Crippen LogP contribution in [0.4, 0.5) is 0 Å². The van der Waals surface area contributed by atoms with Crippen molar-refractivity contribution in [3.63, 3.8) is 0 Å². The lowest BCUT2D eigenvalue weighted by Crippen LogP contribution is -2.42. The Balaban J connectivity index is 2.13. The predicted molar refractivity (Wildman–Crippen MR) is 69.8 cm³/mol. The Bertz CT molecular complexity index is 282. The van der Waals surface area contributed by atoms with Gasteiger partial charge in [-0.15, -0.1) is 0 Å². The van der Waals surface area contributed by atoms with Crippen molar-refractivity contribution in [3.05, 3.63) is 0 Å². The Morgan fingerprint density at radius 3 is 2.67 bits per heavy atom. The molecule has 0 spiro atoms. The van der Waals surface area contributed by atoms with Crippen molar-refractivity contribution >= 4 is 23.6 Å². The van der Waals surface area contributed by atoms with Gasteiger partial charge in [-0.2, -0.15) is 11.8 Å². The normalized spacial score (nSPS) is 18.3. The molecule has 104 valence electrons. The third kappa shape index (κ3) is 6.23. The van der Waals surface area contributed by atoms with Crippen LogP contribution in [0.25, 0.3) is 0 Å². The Hall–Kier alpha value is -0.790. The number of rotatable bonds is 7. The highest BCUT2D eigenvalue weighted by atomic mass is 32.2. The zero-order valence-corrected chi connectivity index (χ0v) is 11.4. The molecule has 1 saturated heterocycles. The minimum atomic E-state index is -0.982. The second kappa shape index (κ2) is 8.34. The van der Waals surface area contributed by atoms with Gasteiger partial charge in [0.2, 0.25) is 5.91 Å². The molecule has 2 N–H and O–H groups in total. The van der Waals surface area contributed by atoms with Crippen LogP contribution in [-0.4, -0.2) is 72.3 Å². The molecule has 0 saturated carbocycles. The first-order chi connectivity index (χ1) is 8.59. The van der Waals surface area contributed by atoms with Crippen LogP contribution in [0.2, 0.25) is 0 Å². The number of amides is 1. The standard InChI is InChI=1S/C11H20N2O4S/c1-9(14)12-10(11(15)16)8-18-7-4-13-2-5-17-6-3-13/h10H,2-8H2,1H3,(H,12,14)(H,15,16). The zero-order chi connectivity index (χ0) is 13.4. The number of thioether (sulfide) groups is 1. The molecule has 0 aromatic heterocycles. The van der Waals surface area contributed by atoms with Gasteiger partial charge in [-0.1, -0.05) is 0 Å². The van der Waals surface area contributed by atoms with E-state index in [4.69, 9.17) is 9.84 Å². The van der Waals surface area contributed by atoms with Crippen LogP contribution in [-0.2, 0) is 14.3 Å². The van der Waals surface area contributed by atoms with E-state index in [1.807, 2.05) is 0 Å². The molecule has 18 heavy (non-hydrogen) atoms. The van der Waals surface area contributed by atoms with Crippen LogP contribution in [0.15, 0.2) is 0 Å². The van der Waals surface area contributed by atoms with Crippen molar-refractivity contribution in [1.29, 1.82) is 0 Å². The third-order valence-electron chi connectivity index (χ3n) is 2.62. The number of aliphatic carboxylic acids is 1. The van der Waals surface area contributed by atoms with E-state index in [9.17, 15) is 9.59 Å². The van der Waals surface area contributed by atoms with Gasteiger partial charge in [-0.3, -0.25) is 9.69 Å². The maximum atomic E-state index is 10.9. The number of nitrogens with zero attached hydrogens (tertiary/aromatic N) is 1. The van der Waals surface area contributed by atoms with Crippen LogP contribution >= 0.6 is 11.8 Å². The molecule has 1 amide bonds. The second-order valence-electron chi connectivity index (χ2n) is 4.12. The van der Waals surface area contributed by atoms with Crippen LogP contribution in [0, 0.1) is 0 Å². The number of carboxylic acid groups (broad SMARTS) is 1. The lowest BCUT2D eigenvalue weighted by atomic mass is 10.3. The molecule has 1 aliphatic heterocycles. The van der Waals surface area contributed by atoms with Gasteiger partial charge in [0.25, 0.3) is 0 Å². The number of morpholine rings is 1. The largest absolute Gasteiger partial charge is 0.480 e. The number of carbonyl (C=O) groups excluding carboxylic acids is 1. The summed E-state index contributed by atoms with van der Waals surface area (Å²) < 4.78 is 5.25. The van der Waals surface area contributed by atoms with Gasteiger partial charge >= 0.3 is 5.97 Å². The molecular weight excluding hydrogens is 256 g/mol. The van der Waals surface area contributed by atoms with Crippen LogP contribution in [0.5, 0.6) is 0 Å². The van der Waals surface area contributed by atoms with Gasteiger partial charge in [0.05, 0.1) is 13.2 Å². The number of carboxylic acids is 1. The average Bonchev–Trinajstić information content (AvgIpc) is 2.33. The topological polar surface area (TPSA) is 78.9 Å². The highest BCUT2D eigenvalue weighted by Gasteiger charge is 2.18. The van der Waals surface area contributed by atoms with E-state index < -0.39 is 12.0 Å². The van der Waals surface area contributed by atoms with Gasteiger partial charge < -0.3 is 15.2 Å². The summed E-state index contributed by atoms with van der Waals surface area (Å²) in [6, 6.07) is -0.794. The van der Waals surface area contributed by atoms with E-state index in [0.717, 1.165) is 38.6 Å². The summed E-state index contributed by atoms with van der Waals surface area (Å²) in [6.07, 6.45) is 0. The maximum absolute atomic E-state index is 10.9. The molecule has 0 aliphatic carbocycles. The van der Waals surface area contributed by atoms with Crippen molar-refractivity contribution in [1.82, 2.24) is 10.2 Å². The molecule has 0 aromatic rings. The summed E-state index contributed by atoms with van der Waals surface area (Å²) in [5.74, 6) is -0.0249. The van der Waals surface area contributed by atoms with Crippen LogP contribution in [0.3, 0.4) is 0 Å². The minimum absolute atomic E-state index is 0.309. The number of carbonyl (C=O) groups is 2. The fourth-order valence-corrected chi connectivity index (χ4v) is 2.66.